The van der Waals surface area contributed by atoms with Gasteiger partial charge < -0.3 is 0 Å². The van der Waals surface area contributed by atoms with Crippen molar-refractivity contribution in [3.8, 4) is 0 Å². The average Bonchev–Trinajstić information content (AvgIpc) is 2.15. The Labute approximate surface area is 125 Å². The van der Waals surface area contributed by atoms with Crippen molar-refractivity contribution in [2.45, 2.75) is 10.5 Å². The monoisotopic (exact) mass is 330 g/mol. The summed E-state index contributed by atoms with van der Waals surface area (Å²) in [5.41, 5.74) is 0. The van der Waals surface area contributed by atoms with Gasteiger partial charge >= 0.3 is 0 Å². The highest BCUT2D eigenvalue weighted by Crippen LogP contribution is 2.32. The lowest BCUT2D eigenvalue weighted by Gasteiger charge is -2.24. The van der Waals surface area contributed by atoms with Crippen LogP contribution in [0.25, 0.3) is 0 Å². The van der Waals surface area contributed by atoms with E-state index in [2.05, 4.69) is 70.6 Å². The Morgan fingerprint density at radius 2 is 1.19 bits per heavy atom. The molecule has 2 fully saturated rings. The van der Waals surface area contributed by atoms with Crippen LogP contribution in [0.5, 0.6) is 0 Å². The second kappa shape index (κ2) is 9.08. The molecular weight excluding hydrogens is 313 g/mol. The fourth-order valence-corrected chi connectivity index (χ4v) is 8.89. The first-order chi connectivity index (χ1) is 7.95. The van der Waals surface area contributed by atoms with Crippen molar-refractivity contribution in [3.05, 3.63) is 0 Å². The van der Waals surface area contributed by atoms with Crippen molar-refractivity contribution in [2.24, 2.45) is 0 Å². The molecule has 0 unspecified atom stereocenters. The predicted molar refractivity (Wildman–Crippen MR) is 92.1 cm³/mol. The molecule has 0 aliphatic carbocycles. The van der Waals surface area contributed by atoms with Gasteiger partial charge in [0.25, 0.3) is 0 Å². The van der Waals surface area contributed by atoms with Crippen LogP contribution in [0.1, 0.15) is 0 Å². The largest absolute Gasteiger partial charge is 0.160 e. The Hall–Kier alpha value is 2.10. The van der Waals surface area contributed by atoms with Crippen LogP contribution >= 0.6 is 70.6 Å². The molecule has 0 bridgehead atoms. The molecule has 16 heavy (non-hydrogen) atoms. The Balaban J connectivity index is 1.27. The van der Waals surface area contributed by atoms with E-state index in [1.807, 2.05) is 0 Å². The number of rotatable bonds is 9. The molecule has 6 heteroatoms. The maximum Gasteiger partial charge on any atom is 0.0395 e. The van der Waals surface area contributed by atoms with E-state index in [9.17, 15) is 0 Å². The van der Waals surface area contributed by atoms with Gasteiger partial charge in [-0.05, 0) is 0 Å². The van der Waals surface area contributed by atoms with Gasteiger partial charge in [-0.15, -0.1) is 23.5 Å². The zero-order valence-corrected chi connectivity index (χ0v) is 14.2. The maximum absolute atomic E-state index is 2.17. The van der Waals surface area contributed by atoms with Crippen molar-refractivity contribution >= 4 is 70.6 Å². The van der Waals surface area contributed by atoms with Crippen molar-refractivity contribution in [1.29, 1.82) is 0 Å². The molecule has 2 aliphatic rings. The molecule has 2 rings (SSSR count). The van der Waals surface area contributed by atoms with Gasteiger partial charge in [0.05, 0.1) is 0 Å². The Morgan fingerprint density at radius 3 is 1.50 bits per heavy atom. The molecule has 0 aromatic carbocycles. The molecule has 94 valence electrons. The number of thioether (sulfide) groups is 6. The highest BCUT2D eigenvalue weighted by molar-refractivity contribution is 8.19. The summed E-state index contributed by atoms with van der Waals surface area (Å²) in [7, 11) is 0. The van der Waals surface area contributed by atoms with Gasteiger partial charge in [0.1, 0.15) is 0 Å². The highest BCUT2D eigenvalue weighted by atomic mass is 32.2. The summed E-state index contributed by atoms with van der Waals surface area (Å²) in [6.07, 6.45) is 0. The third-order valence-corrected chi connectivity index (χ3v) is 11.0. The molecule has 0 radical (unpaired) electrons. The quantitative estimate of drug-likeness (QED) is 0.458. The number of hydrogen-bond acceptors (Lipinski definition) is 6. The van der Waals surface area contributed by atoms with E-state index < -0.39 is 0 Å². The summed E-state index contributed by atoms with van der Waals surface area (Å²) in [5.74, 6) is 8.28. The molecule has 0 amide bonds. The fourth-order valence-electron chi connectivity index (χ4n) is 1.14. The van der Waals surface area contributed by atoms with Crippen LogP contribution in [0.3, 0.4) is 0 Å². The van der Waals surface area contributed by atoms with Gasteiger partial charge in [0.2, 0.25) is 0 Å². The van der Waals surface area contributed by atoms with Crippen molar-refractivity contribution < 1.29 is 0 Å². The lowest BCUT2D eigenvalue weighted by molar-refractivity contribution is 1.09. The SMILES string of the molecule is C(CSCSC1CSC1)SCSC1CSC1. The van der Waals surface area contributed by atoms with Crippen LogP contribution in [0, 0.1) is 0 Å². The van der Waals surface area contributed by atoms with E-state index in [-0.39, 0.29) is 0 Å². The highest BCUT2D eigenvalue weighted by Gasteiger charge is 2.18. The second-order valence-corrected chi connectivity index (χ2v) is 11.4. The summed E-state index contributed by atoms with van der Waals surface area (Å²) in [5, 5.41) is 4.60. The molecule has 0 saturated carbocycles. The standard InChI is InChI=1S/C10H18S6/c1(11-7-15-9-3-13-4-9)2-12-8-16-10-5-14-6-10/h9-10H,1-8H2. The number of hydrogen-bond donors (Lipinski definition) is 0. The van der Waals surface area contributed by atoms with E-state index in [1.54, 1.807) is 0 Å². The fraction of sp³-hybridized carbons (Fsp3) is 1.00. The molecule has 0 nitrogen and oxygen atoms in total. The van der Waals surface area contributed by atoms with Gasteiger partial charge in [-0.1, -0.05) is 0 Å². The smallest absolute Gasteiger partial charge is 0.0395 e. The minimum Gasteiger partial charge on any atom is -0.160 e. The minimum absolute atomic E-state index is 0.983. The molecule has 2 heterocycles. The first-order valence-corrected chi connectivity index (χ1v) is 12.2. The van der Waals surface area contributed by atoms with Crippen LogP contribution in [0.2, 0.25) is 0 Å². The third-order valence-electron chi connectivity index (χ3n) is 2.36. The molecule has 0 atom stereocenters. The van der Waals surface area contributed by atoms with Crippen LogP contribution in [0.4, 0.5) is 0 Å². The van der Waals surface area contributed by atoms with Gasteiger partial charge in [-0.25, -0.2) is 0 Å². The van der Waals surface area contributed by atoms with Crippen molar-refractivity contribution in [2.75, 3.05) is 44.7 Å². The van der Waals surface area contributed by atoms with Crippen LogP contribution in [-0.4, -0.2) is 55.2 Å². The van der Waals surface area contributed by atoms with Crippen molar-refractivity contribution in [3.63, 3.8) is 0 Å². The second-order valence-electron chi connectivity index (χ2n) is 3.70. The molecule has 0 aromatic heterocycles. The zero-order valence-electron chi connectivity index (χ0n) is 9.26. The lowest BCUT2D eigenvalue weighted by atomic mass is 10.5. The van der Waals surface area contributed by atoms with Gasteiger partial charge in [0.15, 0.2) is 0 Å². The predicted octanol–water partition coefficient (Wildman–Crippen LogP) is 4.07. The molecule has 0 aromatic rings. The zero-order chi connectivity index (χ0) is 11.1. The first-order valence-electron chi connectivity index (χ1n) is 5.49. The third kappa shape index (κ3) is 5.83. The summed E-state index contributed by atoms with van der Waals surface area (Å²) in [4.78, 5) is 0. The molecule has 0 spiro atoms. The minimum atomic E-state index is 0.983. The molecular formula is C10H18S6. The molecule has 2 aliphatic heterocycles. The van der Waals surface area contributed by atoms with Crippen LogP contribution < -0.4 is 0 Å². The summed E-state index contributed by atoms with van der Waals surface area (Å²) in [6, 6.07) is 0. The first kappa shape index (κ1) is 14.5. The Bertz CT molecular complexity index is 160. The van der Waals surface area contributed by atoms with Gasteiger partial charge in [-0.2, -0.15) is 47.0 Å². The average molecular weight is 331 g/mol. The van der Waals surface area contributed by atoms with Crippen molar-refractivity contribution in [1.82, 2.24) is 0 Å². The van der Waals surface area contributed by atoms with E-state index in [0.717, 1.165) is 10.5 Å². The van der Waals surface area contributed by atoms with E-state index in [0.29, 0.717) is 0 Å². The van der Waals surface area contributed by atoms with E-state index >= 15 is 0 Å². The summed E-state index contributed by atoms with van der Waals surface area (Å²) >= 11 is 12.8. The van der Waals surface area contributed by atoms with Gasteiger partial charge in [-0.3, -0.25) is 0 Å². The van der Waals surface area contributed by atoms with Crippen LogP contribution in [0.15, 0.2) is 0 Å². The van der Waals surface area contributed by atoms with Gasteiger partial charge in [0, 0.05) is 55.2 Å². The lowest BCUT2D eigenvalue weighted by Crippen LogP contribution is -2.20. The molecule has 0 N–H and O–H groups in total. The van der Waals surface area contributed by atoms with E-state index in [1.165, 1.54) is 44.7 Å². The molecule has 2 saturated heterocycles. The summed E-state index contributed by atoms with van der Waals surface area (Å²) in [6.45, 7) is 0. The normalized spacial score (nSPS) is 21.8. The van der Waals surface area contributed by atoms with E-state index in [4.69, 9.17) is 0 Å². The summed E-state index contributed by atoms with van der Waals surface area (Å²) < 4.78 is 0. The maximum atomic E-state index is 2.17. The Morgan fingerprint density at radius 1 is 0.750 bits per heavy atom. The topological polar surface area (TPSA) is 0 Å². The van der Waals surface area contributed by atoms with Crippen LogP contribution in [-0.2, 0) is 0 Å². The Kier molecular flexibility index (Phi) is 8.23.